The van der Waals surface area contributed by atoms with Crippen LogP contribution in [-0.4, -0.2) is 25.1 Å². The number of esters is 1. The summed E-state index contributed by atoms with van der Waals surface area (Å²) >= 11 is 12.3. The molecule has 0 bridgehead atoms. The van der Waals surface area contributed by atoms with Gasteiger partial charge in [-0.15, -0.1) is 0 Å². The third-order valence-electron chi connectivity index (χ3n) is 3.99. The number of benzene rings is 1. The number of methoxy groups -OCH3 is 1. The maximum Gasteiger partial charge on any atom is 0.358 e. The first kappa shape index (κ1) is 20.0. The smallest absolute Gasteiger partial charge is 0.358 e. The largest absolute Gasteiger partial charge is 0.467 e. The number of hydrogen-bond acceptors (Lipinski definition) is 6. The van der Waals surface area contributed by atoms with E-state index in [1.807, 2.05) is 0 Å². The molecule has 2 aromatic heterocycles. The van der Waals surface area contributed by atoms with Crippen molar-refractivity contribution in [3.8, 4) is 11.3 Å². The average Bonchev–Trinajstić information content (AvgIpc) is 3.21. The molecule has 0 fully saturated rings. The molecule has 146 valence electrons. The van der Waals surface area contributed by atoms with Crippen molar-refractivity contribution in [2.45, 2.75) is 6.54 Å². The van der Waals surface area contributed by atoms with E-state index in [0.717, 1.165) is 0 Å². The molecule has 1 aromatic carbocycles. The van der Waals surface area contributed by atoms with Gasteiger partial charge >= 0.3 is 5.97 Å². The van der Waals surface area contributed by atoms with E-state index in [1.54, 1.807) is 31.5 Å². The number of carbonyl (C=O) groups excluding carboxylic acids is 1. The summed E-state index contributed by atoms with van der Waals surface area (Å²) < 4.78 is 24.9. The van der Waals surface area contributed by atoms with Crippen LogP contribution in [-0.2, 0) is 11.3 Å². The molecule has 3 aromatic rings. The number of ether oxygens (including phenoxy) is 1. The van der Waals surface area contributed by atoms with Crippen molar-refractivity contribution in [3.05, 3.63) is 63.9 Å². The average molecular weight is 424 g/mol. The second kappa shape index (κ2) is 8.50. The summed E-state index contributed by atoms with van der Waals surface area (Å²) in [5, 5.41) is 6.06. The molecule has 0 atom stereocenters. The number of halogens is 3. The lowest BCUT2D eigenvalue weighted by Crippen LogP contribution is -2.10. The molecule has 0 aliphatic rings. The Morgan fingerprint density at radius 2 is 2.11 bits per heavy atom. The number of nitrogens with zero attached hydrogens (tertiary/aromatic N) is 1. The molecular formula is C19H16Cl2FN3O3. The lowest BCUT2D eigenvalue weighted by Gasteiger charge is -2.14. The van der Waals surface area contributed by atoms with E-state index in [2.05, 4.69) is 15.6 Å². The normalized spacial score (nSPS) is 10.6. The van der Waals surface area contributed by atoms with Gasteiger partial charge in [0.05, 0.1) is 47.0 Å². The van der Waals surface area contributed by atoms with E-state index in [4.69, 9.17) is 32.4 Å². The zero-order valence-electron chi connectivity index (χ0n) is 15.0. The topological polar surface area (TPSA) is 76.4 Å². The van der Waals surface area contributed by atoms with E-state index < -0.39 is 11.8 Å². The summed E-state index contributed by atoms with van der Waals surface area (Å²) in [6, 6.07) is 8.09. The molecule has 0 saturated heterocycles. The summed E-state index contributed by atoms with van der Waals surface area (Å²) in [6.07, 6.45) is 1.54. The Balaban J connectivity index is 2.10. The van der Waals surface area contributed by atoms with Crippen molar-refractivity contribution < 1.29 is 18.3 Å². The molecule has 0 aliphatic carbocycles. The number of nitrogens with one attached hydrogen (secondary N) is 2. The number of carbonyl (C=O) groups is 1. The van der Waals surface area contributed by atoms with E-state index in [0.29, 0.717) is 18.0 Å². The molecule has 2 heterocycles. The molecule has 28 heavy (non-hydrogen) atoms. The summed E-state index contributed by atoms with van der Waals surface area (Å²) in [7, 11) is 2.77. The van der Waals surface area contributed by atoms with Gasteiger partial charge in [0.2, 0.25) is 0 Å². The second-order valence-corrected chi connectivity index (χ2v) is 6.46. The SMILES string of the molecule is CNc1c(Cl)ccc(-c2cc(NCc3ccco3)c(Cl)c(C(=O)OC)n2)c1F. The van der Waals surface area contributed by atoms with Crippen molar-refractivity contribution >= 4 is 40.5 Å². The van der Waals surface area contributed by atoms with Gasteiger partial charge in [-0.3, -0.25) is 0 Å². The Morgan fingerprint density at radius 3 is 2.75 bits per heavy atom. The highest BCUT2D eigenvalue weighted by molar-refractivity contribution is 6.36. The standard InChI is InChI=1S/C19H16Cl2FN3O3/c1-23-17-12(20)6-5-11(16(17)22)13-8-14(24-9-10-4-3-7-28-10)15(21)18(25-13)19(26)27-2/h3-8,23H,9H2,1-2H3,(H,24,25). The number of pyridine rings is 1. The number of hydrogen-bond donors (Lipinski definition) is 2. The van der Waals surface area contributed by atoms with Crippen LogP contribution >= 0.6 is 23.2 Å². The van der Waals surface area contributed by atoms with Gasteiger partial charge in [0, 0.05) is 12.6 Å². The molecule has 0 amide bonds. The van der Waals surface area contributed by atoms with Crippen molar-refractivity contribution in [1.29, 1.82) is 0 Å². The van der Waals surface area contributed by atoms with Gasteiger partial charge < -0.3 is 19.8 Å². The number of aromatic nitrogens is 1. The highest BCUT2D eigenvalue weighted by atomic mass is 35.5. The predicted molar refractivity (Wildman–Crippen MR) is 107 cm³/mol. The van der Waals surface area contributed by atoms with Crippen molar-refractivity contribution in [3.63, 3.8) is 0 Å². The van der Waals surface area contributed by atoms with Crippen LogP contribution in [0.4, 0.5) is 15.8 Å². The molecule has 0 radical (unpaired) electrons. The predicted octanol–water partition coefficient (Wildman–Crippen LogP) is 5.23. The van der Waals surface area contributed by atoms with Gasteiger partial charge in [-0.1, -0.05) is 23.2 Å². The summed E-state index contributed by atoms with van der Waals surface area (Å²) in [4.78, 5) is 16.3. The maximum absolute atomic E-state index is 14.9. The van der Waals surface area contributed by atoms with Crippen LogP contribution in [0.25, 0.3) is 11.3 Å². The summed E-state index contributed by atoms with van der Waals surface area (Å²) in [5.74, 6) is -0.682. The van der Waals surface area contributed by atoms with Gasteiger partial charge in [-0.05, 0) is 30.3 Å². The zero-order valence-corrected chi connectivity index (χ0v) is 16.5. The van der Waals surface area contributed by atoms with E-state index in [1.165, 1.54) is 19.2 Å². The highest BCUT2D eigenvalue weighted by Crippen LogP contribution is 2.36. The van der Waals surface area contributed by atoms with Gasteiger partial charge in [0.15, 0.2) is 11.5 Å². The van der Waals surface area contributed by atoms with Crippen LogP contribution in [0.3, 0.4) is 0 Å². The Labute approximate surface area is 170 Å². The fourth-order valence-corrected chi connectivity index (χ4v) is 3.08. The Hall–Kier alpha value is -2.77. The first-order valence-corrected chi connectivity index (χ1v) is 8.93. The van der Waals surface area contributed by atoms with Crippen LogP contribution in [0.15, 0.2) is 41.0 Å². The van der Waals surface area contributed by atoms with Crippen molar-refractivity contribution in [2.24, 2.45) is 0 Å². The molecule has 6 nitrogen and oxygen atoms in total. The first-order valence-electron chi connectivity index (χ1n) is 8.17. The molecule has 0 saturated carbocycles. The van der Waals surface area contributed by atoms with Crippen LogP contribution in [0.1, 0.15) is 16.2 Å². The van der Waals surface area contributed by atoms with Crippen LogP contribution in [0.2, 0.25) is 10.0 Å². The Morgan fingerprint density at radius 1 is 1.32 bits per heavy atom. The van der Waals surface area contributed by atoms with Gasteiger partial charge in [0.1, 0.15) is 5.76 Å². The van der Waals surface area contributed by atoms with Crippen LogP contribution in [0.5, 0.6) is 0 Å². The molecular weight excluding hydrogens is 408 g/mol. The third kappa shape index (κ3) is 3.90. The molecule has 9 heteroatoms. The fourth-order valence-electron chi connectivity index (χ4n) is 2.60. The van der Waals surface area contributed by atoms with Crippen molar-refractivity contribution in [1.82, 2.24) is 4.98 Å². The number of anilines is 2. The molecule has 0 unspecified atom stereocenters. The minimum atomic E-state index is -0.740. The fraction of sp³-hybridized carbons (Fsp3) is 0.158. The quantitative estimate of drug-likeness (QED) is 0.528. The Bertz CT molecular complexity index is 1010. The third-order valence-corrected chi connectivity index (χ3v) is 4.68. The van der Waals surface area contributed by atoms with E-state index in [9.17, 15) is 9.18 Å². The van der Waals surface area contributed by atoms with Crippen LogP contribution < -0.4 is 10.6 Å². The minimum absolute atomic E-state index is 0.0605. The molecule has 3 rings (SSSR count). The van der Waals surface area contributed by atoms with Gasteiger partial charge in [0.25, 0.3) is 0 Å². The lowest BCUT2D eigenvalue weighted by atomic mass is 10.1. The van der Waals surface area contributed by atoms with Crippen LogP contribution in [0, 0.1) is 5.82 Å². The summed E-state index contributed by atoms with van der Waals surface area (Å²) in [5.41, 5.74) is 0.711. The number of rotatable bonds is 6. The maximum atomic E-state index is 14.9. The van der Waals surface area contributed by atoms with E-state index >= 15 is 0 Å². The number of furan rings is 1. The Kier molecular flexibility index (Phi) is 6.06. The highest BCUT2D eigenvalue weighted by Gasteiger charge is 2.21. The second-order valence-electron chi connectivity index (χ2n) is 5.68. The zero-order chi connectivity index (χ0) is 20.3. The molecule has 2 N–H and O–H groups in total. The minimum Gasteiger partial charge on any atom is -0.467 e. The molecule has 0 aliphatic heterocycles. The first-order chi connectivity index (χ1) is 13.5. The van der Waals surface area contributed by atoms with Crippen molar-refractivity contribution in [2.75, 3.05) is 24.8 Å². The molecule has 0 spiro atoms. The summed E-state index contributed by atoms with van der Waals surface area (Å²) in [6.45, 7) is 0.307. The van der Waals surface area contributed by atoms with E-state index in [-0.39, 0.29) is 32.7 Å². The van der Waals surface area contributed by atoms with Gasteiger partial charge in [-0.25, -0.2) is 14.2 Å². The monoisotopic (exact) mass is 423 g/mol. The lowest BCUT2D eigenvalue weighted by molar-refractivity contribution is 0.0594. The van der Waals surface area contributed by atoms with Gasteiger partial charge in [-0.2, -0.15) is 0 Å².